The van der Waals surface area contributed by atoms with Crippen molar-refractivity contribution in [3.05, 3.63) is 56.6 Å². The summed E-state index contributed by atoms with van der Waals surface area (Å²) in [4.78, 5) is 36.9. The van der Waals surface area contributed by atoms with Crippen LogP contribution in [-0.2, 0) is 24.2 Å². The molecule has 0 spiro atoms. The van der Waals surface area contributed by atoms with Gasteiger partial charge in [-0.3, -0.25) is 4.79 Å². The van der Waals surface area contributed by atoms with E-state index in [0.717, 1.165) is 46.3 Å². The monoisotopic (exact) mass is 463 g/mol. The zero-order valence-electron chi connectivity index (χ0n) is 19.7. The molecule has 1 N–H and O–H groups in total. The molecule has 0 saturated heterocycles. The van der Waals surface area contributed by atoms with Gasteiger partial charge in [-0.25, -0.2) is 19.0 Å². The Hall–Kier alpha value is -3.00. The fraction of sp³-hybridized carbons (Fsp3) is 0.440. The van der Waals surface area contributed by atoms with Crippen molar-refractivity contribution in [3.8, 4) is 0 Å². The predicted molar refractivity (Wildman–Crippen MR) is 132 cm³/mol. The number of aromatic nitrogens is 4. The summed E-state index contributed by atoms with van der Waals surface area (Å²) >= 11 is 1.71. The fourth-order valence-corrected chi connectivity index (χ4v) is 6.16. The lowest BCUT2D eigenvalue weighted by Gasteiger charge is -2.33. The highest BCUT2D eigenvalue weighted by Crippen LogP contribution is 2.43. The number of thiophene rings is 1. The standard InChI is InChI=1S/C25H29N5O2S/c1-14-7-6-8-15(2)21(14)27-19(31)12-29-24(32)28-22-20-17-10-9-16(25(3,4)5)11-18(17)33-23(20)26-13-30(22)29/h6-8,13,16H,9-12H2,1-5H3,(H,27,31). The Labute approximate surface area is 196 Å². The van der Waals surface area contributed by atoms with E-state index >= 15 is 0 Å². The van der Waals surface area contributed by atoms with Crippen LogP contribution < -0.4 is 11.0 Å². The Morgan fingerprint density at radius 1 is 1.24 bits per heavy atom. The minimum atomic E-state index is -0.440. The molecule has 0 aliphatic heterocycles. The second kappa shape index (κ2) is 7.80. The fourth-order valence-electron chi connectivity index (χ4n) is 4.90. The first-order valence-electron chi connectivity index (χ1n) is 11.4. The van der Waals surface area contributed by atoms with E-state index in [2.05, 4.69) is 36.1 Å². The number of anilines is 1. The molecule has 33 heavy (non-hydrogen) atoms. The molecule has 1 aliphatic carbocycles. The third-order valence-electron chi connectivity index (χ3n) is 6.92. The predicted octanol–water partition coefficient (Wildman–Crippen LogP) is 4.51. The van der Waals surface area contributed by atoms with E-state index in [4.69, 9.17) is 0 Å². The van der Waals surface area contributed by atoms with E-state index in [0.29, 0.717) is 11.6 Å². The van der Waals surface area contributed by atoms with Crippen LogP contribution in [0.5, 0.6) is 0 Å². The quantitative estimate of drug-likeness (QED) is 0.485. The molecule has 3 heterocycles. The number of hydrogen-bond acceptors (Lipinski definition) is 5. The van der Waals surface area contributed by atoms with Crippen LogP contribution in [0, 0.1) is 25.2 Å². The van der Waals surface area contributed by atoms with Gasteiger partial charge in [0.15, 0.2) is 5.65 Å². The van der Waals surface area contributed by atoms with Crippen LogP contribution >= 0.6 is 11.3 Å². The van der Waals surface area contributed by atoms with Gasteiger partial charge < -0.3 is 5.32 Å². The van der Waals surface area contributed by atoms with Crippen LogP contribution in [0.2, 0.25) is 0 Å². The molecule has 3 aromatic heterocycles. The molecule has 0 bridgehead atoms. The van der Waals surface area contributed by atoms with Gasteiger partial charge in [0.1, 0.15) is 17.7 Å². The Morgan fingerprint density at radius 3 is 2.67 bits per heavy atom. The van der Waals surface area contributed by atoms with Crippen molar-refractivity contribution in [2.24, 2.45) is 11.3 Å². The van der Waals surface area contributed by atoms with Crippen LogP contribution in [0.1, 0.15) is 48.8 Å². The van der Waals surface area contributed by atoms with Crippen molar-refractivity contribution < 1.29 is 4.79 Å². The number of aryl methyl sites for hydroxylation is 3. The molecule has 1 atom stereocenters. The molecule has 1 aromatic carbocycles. The van der Waals surface area contributed by atoms with Crippen molar-refractivity contribution >= 4 is 38.8 Å². The van der Waals surface area contributed by atoms with Crippen LogP contribution in [0.4, 0.5) is 5.69 Å². The summed E-state index contributed by atoms with van der Waals surface area (Å²) in [5, 5.41) is 3.92. The summed E-state index contributed by atoms with van der Waals surface area (Å²) in [6.07, 6.45) is 4.73. The van der Waals surface area contributed by atoms with Gasteiger partial charge >= 0.3 is 5.69 Å². The third kappa shape index (κ3) is 3.76. The Bertz CT molecular complexity index is 1430. The number of rotatable bonds is 3. The minimum Gasteiger partial charge on any atom is -0.324 e. The Balaban J connectivity index is 1.51. The summed E-state index contributed by atoms with van der Waals surface area (Å²) < 4.78 is 2.99. The van der Waals surface area contributed by atoms with E-state index in [9.17, 15) is 9.59 Å². The molecule has 4 aromatic rings. The largest absolute Gasteiger partial charge is 0.365 e. The molecule has 1 unspecified atom stereocenters. The lowest BCUT2D eigenvalue weighted by molar-refractivity contribution is -0.117. The second-order valence-electron chi connectivity index (χ2n) is 10.2. The first-order chi connectivity index (χ1) is 15.6. The van der Waals surface area contributed by atoms with Gasteiger partial charge in [-0.05, 0) is 61.1 Å². The number of fused-ring (bicyclic) bond motifs is 5. The zero-order chi connectivity index (χ0) is 23.5. The molecule has 7 nitrogen and oxygen atoms in total. The van der Waals surface area contributed by atoms with Crippen LogP contribution in [0.25, 0.3) is 15.9 Å². The van der Waals surface area contributed by atoms with E-state index in [1.165, 1.54) is 15.1 Å². The SMILES string of the molecule is Cc1cccc(C)c1NC(=O)Cn1c(=O)nc2c3c4c(sc3ncn21)CC(C(C)(C)C)CC4. The summed E-state index contributed by atoms with van der Waals surface area (Å²) in [6, 6.07) is 5.86. The highest BCUT2D eigenvalue weighted by Gasteiger charge is 2.32. The smallest absolute Gasteiger partial charge is 0.324 e. The van der Waals surface area contributed by atoms with E-state index in [1.54, 1.807) is 22.2 Å². The summed E-state index contributed by atoms with van der Waals surface area (Å²) in [5.74, 6) is 0.360. The average Bonchev–Trinajstić information content (AvgIpc) is 3.27. The summed E-state index contributed by atoms with van der Waals surface area (Å²) in [5.41, 5.74) is 4.43. The van der Waals surface area contributed by atoms with Gasteiger partial charge in [-0.15, -0.1) is 11.3 Å². The van der Waals surface area contributed by atoms with Crippen LogP contribution in [0.15, 0.2) is 29.3 Å². The van der Waals surface area contributed by atoms with Crippen LogP contribution in [0.3, 0.4) is 0 Å². The zero-order valence-corrected chi connectivity index (χ0v) is 20.5. The highest BCUT2D eigenvalue weighted by atomic mass is 32.1. The van der Waals surface area contributed by atoms with Gasteiger partial charge in [0.25, 0.3) is 0 Å². The van der Waals surface area contributed by atoms with Gasteiger partial charge in [0.05, 0.1) is 5.39 Å². The molecule has 172 valence electrons. The van der Waals surface area contributed by atoms with E-state index in [-0.39, 0.29) is 17.9 Å². The van der Waals surface area contributed by atoms with Gasteiger partial charge in [-0.1, -0.05) is 39.0 Å². The molecular weight excluding hydrogens is 434 g/mol. The van der Waals surface area contributed by atoms with E-state index < -0.39 is 5.69 Å². The molecule has 1 aliphatic rings. The van der Waals surface area contributed by atoms with Gasteiger partial charge in [-0.2, -0.15) is 4.98 Å². The van der Waals surface area contributed by atoms with Crippen molar-refractivity contribution in [2.45, 2.75) is 60.4 Å². The number of benzene rings is 1. The topological polar surface area (TPSA) is 81.3 Å². The average molecular weight is 464 g/mol. The normalized spacial score (nSPS) is 16.3. The van der Waals surface area contributed by atoms with Gasteiger partial charge in [0, 0.05) is 10.6 Å². The van der Waals surface area contributed by atoms with Crippen molar-refractivity contribution in [1.29, 1.82) is 0 Å². The highest BCUT2D eigenvalue weighted by molar-refractivity contribution is 7.19. The first-order valence-corrected chi connectivity index (χ1v) is 12.2. The number of hydrogen-bond donors (Lipinski definition) is 1. The van der Waals surface area contributed by atoms with Crippen molar-refractivity contribution in [1.82, 2.24) is 19.2 Å². The first kappa shape index (κ1) is 21.8. The second-order valence-corrected chi connectivity index (χ2v) is 11.3. The van der Waals surface area contributed by atoms with E-state index in [1.807, 2.05) is 32.0 Å². The van der Waals surface area contributed by atoms with Crippen LogP contribution in [-0.4, -0.2) is 25.1 Å². The maximum Gasteiger partial charge on any atom is 0.365 e. The van der Waals surface area contributed by atoms with Crippen molar-refractivity contribution in [2.75, 3.05) is 5.32 Å². The Morgan fingerprint density at radius 2 is 1.97 bits per heavy atom. The lowest BCUT2D eigenvalue weighted by atomic mass is 9.72. The molecule has 0 saturated carbocycles. The number of amides is 1. The third-order valence-corrected chi connectivity index (χ3v) is 8.08. The molecule has 5 rings (SSSR count). The number of carbonyl (C=O) groups is 1. The lowest BCUT2D eigenvalue weighted by Crippen LogP contribution is -2.29. The Kier molecular flexibility index (Phi) is 5.16. The van der Waals surface area contributed by atoms with Gasteiger partial charge in [0.2, 0.25) is 5.91 Å². The maximum atomic E-state index is 12.8. The minimum absolute atomic E-state index is 0.126. The van der Waals surface area contributed by atoms with Crippen molar-refractivity contribution in [3.63, 3.8) is 0 Å². The summed E-state index contributed by atoms with van der Waals surface area (Å²) in [6.45, 7) is 10.7. The summed E-state index contributed by atoms with van der Waals surface area (Å²) in [7, 11) is 0. The molecule has 8 heteroatoms. The number of carbonyl (C=O) groups excluding carboxylic acids is 1. The molecular formula is C25H29N5O2S. The molecule has 0 fully saturated rings. The number of nitrogens with one attached hydrogen (secondary N) is 1. The molecule has 1 amide bonds. The number of para-hydroxylation sites is 1. The molecule has 0 radical (unpaired) electrons. The maximum absolute atomic E-state index is 12.8. The number of nitrogens with zero attached hydrogens (tertiary/aromatic N) is 4.